The molecule has 0 fully saturated rings. The minimum atomic E-state index is -3.54. The van der Waals surface area contributed by atoms with E-state index in [0.29, 0.717) is 12.0 Å². The molecule has 144 valence electrons. The van der Waals surface area contributed by atoms with Gasteiger partial charge >= 0.3 is 5.97 Å². The monoisotopic (exact) mass is 393 g/mol. The average Bonchev–Trinajstić information content (AvgIpc) is 2.60. The largest absolute Gasteiger partial charge is 0.479 e. The van der Waals surface area contributed by atoms with Gasteiger partial charge in [-0.15, -0.1) is 0 Å². The summed E-state index contributed by atoms with van der Waals surface area (Å²) in [6.45, 7) is 3.08. The van der Waals surface area contributed by atoms with E-state index in [1.54, 1.807) is 6.92 Å². The van der Waals surface area contributed by atoms with Crippen LogP contribution < -0.4 is 5.32 Å². The number of carbonyl (C=O) groups is 2. The van der Waals surface area contributed by atoms with Gasteiger partial charge in [0.2, 0.25) is 0 Å². The summed E-state index contributed by atoms with van der Waals surface area (Å²) in [5.74, 6) is -2.60. The zero-order valence-electron chi connectivity index (χ0n) is 15.1. The Morgan fingerprint density at radius 2 is 1.74 bits per heavy atom. The molecule has 0 bridgehead atoms. The lowest BCUT2D eigenvalue weighted by Crippen LogP contribution is -2.49. The lowest BCUT2D eigenvalue weighted by Gasteiger charge is -2.27. The van der Waals surface area contributed by atoms with Crippen LogP contribution in [0.15, 0.2) is 47.4 Å². The summed E-state index contributed by atoms with van der Waals surface area (Å²) < 4.78 is 36.8. The Labute approximate surface area is 157 Å². The van der Waals surface area contributed by atoms with E-state index in [0.717, 1.165) is 18.4 Å². The van der Waals surface area contributed by atoms with Crippen LogP contribution in [0.2, 0.25) is 0 Å². The molecule has 0 aliphatic heterocycles. The predicted octanol–water partition coefficient (Wildman–Crippen LogP) is 2.52. The predicted molar refractivity (Wildman–Crippen MR) is 97.8 cm³/mol. The fourth-order valence-corrected chi connectivity index (χ4v) is 3.28. The van der Waals surface area contributed by atoms with Gasteiger partial charge in [0, 0.05) is 11.8 Å². The van der Waals surface area contributed by atoms with Crippen LogP contribution in [0.5, 0.6) is 0 Å². The van der Waals surface area contributed by atoms with Crippen molar-refractivity contribution in [3.63, 3.8) is 0 Å². The van der Waals surface area contributed by atoms with Gasteiger partial charge in [-0.3, -0.25) is 4.79 Å². The van der Waals surface area contributed by atoms with Crippen molar-refractivity contribution in [1.82, 2.24) is 5.32 Å². The van der Waals surface area contributed by atoms with Crippen molar-refractivity contribution in [2.45, 2.75) is 30.7 Å². The zero-order valence-corrected chi connectivity index (χ0v) is 15.9. The highest BCUT2D eigenvalue weighted by Gasteiger charge is 2.37. The second-order valence-corrected chi connectivity index (χ2v) is 8.35. The molecule has 2 aromatic rings. The van der Waals surface area contributed by atoms with E-state index in [-0.39, 0.29) is 16.0 Å². The fourth-order valence-electron chi connectivity index (χ4n) is 2.63. The van der Waals surface area contributed by atoms with Crippen LogP contribution in [0.4, 0.5) is 4.39 Å². The van der Waals surface area contributed by atoms with Crippen molar-refractivity contribution in [1.29, 1.82) is 0 Å². The number of carboxylic acids is 1. The van der Waals surface area contributed by atoms with Crippen molar-refractivity contribution < 1.29 is 27.5 Å². The molecule has 27 heavy (non-hydrogen) atoms. The van der Waals surface area contributed by atoms with Crippen molar-refractivity contribution in [2.24, 2.45) is 0 Å². The Balaban J connectivity index is 2.50. The number of halogens is 1. The van der Waals surface area contributed by atoms with Crippen LogP contribution in [0, 0.1) is 5.82 Å². The van der Waals surface area contributed by atoms with E-state index < -0.39 is 33.1 Å². The van der Waals surface area contributed by atoms with Crippen LogP contribution in [0.1, 0.15) is 35.3 Å². The Morgan fingerprint density at radius 1 is 1.15 bits per heavy atom. The minimum Gasteiger partial charge on any atom is -0.479 e. The van der Waals surface area contributed by atoms with Gasteiger partial charge in [0.05, 0.1) is 4.90 Å². The van der Waals surface area contributed by atoms with Gasteiger partial charge in [-0.2, -0.15) is 0 Å². The Hall–Kier alpha value is -2.74. The van der Waals surface area contributed by atoms with Crippen molar-refractivity contribution in [2.75, 3.05) is 6.26 Å². The summed E-state index contributed by atoms with van der Waals surface area (Å²) in [6, 6.07) is 8.92. The SMILES string of the molecule is CCc1ccc(S(C)(=O)=O)cc1C(=O)NC(C)(C(=O)O)c1ccc(F)cc1. The molecular formula is C19H20FNO5S. The highest BCUT2D eigenvalue weighted by Crippen LogP contribution is 2.24. The molecule has 0 aliphatic carbocycles. The molecule has 2 N–H and O–H groups in total. The molecular weight excluding hydrogens is 373 g/mol. The van der Waals surface area contributed by atoms with Crippen LogP contribution in [0.25, 0.3) is 0 Å². The van der Waals surface area contributed by atoms with E-state index in [4.69, 9.17) is 0 Å². The highest BCUT2D eigenvalue weighted by molar-refractivity contribution is 7.90. The van der Waals surface area contributed by atoms with Crippen LogP contribution in [-0.2, 0) is 26.6 Å². The number of rotatable bonds is 6. The van der Waals surface area contributed by atoms with Gasteiger partial charge in [-0.25, -0.2) is 17.6 Å². The maximum atomic E-state index is 13.2. The second-order valence-electron chi connectivity index (χ2n) is 6.34. The topological polar surface area (TPSA) is 101 Å². The number of carboxylic acid groups (broad SMARTS) is 1. The maximum absolute atomic E-state index is 13.2. The number of hydrogen-bond acceptors (Lipinski definition) is 4. The first-order valence-corrected chi connectivity index (χ1v) is 10.0. The Morgan fingerprint density at radius 3 is 2.22 bits per heavy atom. The number of amides is 1. The van der Waals surface area contributed by atoms with Crippen LogP contribution in [0.3, 0.4) is 0 Å². The first-order chi connectivity index (χ1) is 12.5. The first-order valence-electron chi connectivity index (χ1n) is 8.14. The Kier molecular flexibility index (Phi) is 5.70. The first kappa shape index (κ1) is 20.6. The molecule has 0 radical (unpaired) electrons. The molecule has 6 nitrogen and oxygen atoms in total. The van der Waals surface area contributed by atoms with Gasteiger partial charge < -0.3 is 10.4 Å². The van der Waals surface area contributed by atoms with Gasteiger partial charge in [-0.1, -0.05) is 25.1 Å². The number of hydrogen-bond donors (Lipinski definition) is 2. The summed E-state index contributed by atoms with van der Waals surface area (Å²) >= 11 is 0. The smallest absolute Gasteiger partial charge is 0.333 e. The molecule has 1 atom stereocenters. The molecule has 2 aromatic carbocycles. The molecule has 0 heterocycles. The fraction of sp³-hybridized carbons (Fsp3) is 0.263. The minimum absolute atomic E-state index is 0.0383. The summed E-state index contributed by atoms with van der Waals surface area (Å²) in [5.41, 5.74) is -0.986. The summed E-state index contributed by atoms with van der Waals surface area (Å²) in [7, 11) is -3.54. The van der Waals surface area contributed by atoms with Gasteiger partial charge in [0.15, 0.2) is 15.4 Å². The van der Waals surface area contributed by atoms with Gasteiger partial charge in [0.1, 0.15) is 5.82 Å². The molecule has 0 saturated carbocycles. The molecule has 2 rings (SSSR count). The van der Waals surface area contributed by atoms with E-state index in [1.807, 2.05) is 0 Å². The maximum Gasteiger partial charge on any atom is 0.333 e. The third-order valence-electron chi connectivity index (χ3n) is 4.35. The van der Waals surface area contributed by atoms with Gasteiger partial charge in [-0.05, 0) is 48.7 Å². The number of carbonyl (C=O) groups excluding carboxylic acids is 1. The molecule has 0 saturated heterocycles. The normalized spacial score (nSPS) is 13.6. The average molecular weight is 393 g/mol. The Bertz CT molecular complexity index is 986. The molecule has 0 aliphatic rings. The number of nitrogens with one attached hydrogen (secondary N) is 1. The number of benzene rings is 2. The quantitative estimate of drug-likeness (QED) is 0.785. The third-order valence-corrected chi connectivity index (χ3v) is 5.46. The van der Waals surface area contributed by atoms with E-state index in [1.165, 1.54) is 37.3 Å². The molecule has 8 heteroatoms. The zero-order chi connectivity index (χ0) is 20.4. The number of sulfone groups is 1. The lowest BCUT2D eigenvalue weighted by atomic mass is 9.91. The van der Waals surface area contributed by atoms with Crippen molar-refractivity contribution in [3.05, 3.63) is 65.0 Å². The molecule has 1 unspecified atom stereocenters. The molecule has 0 aromatic heterocycles. The number of aryl methyl sites for hydroxylation is 1. The van der Waals surface area contributed by atoms with Crippen LogP contribution >= 0.6 is 0 Å². The van der Waals surface area contributed by atoms with E-state index in [9.17, 15) is 27.5 Å². The summed E-state index contributed by atoms with van der Waals surface area (Å²) in [6.07, 6.45) is 1.47. The molecule has 0 spiro atoms. The lowest BCUT2D eigenvalue weighted by molar-refractivity contribution is -0.144. The number of aliphatic carboxylic acids is 1. The third kappa shape index (κ3) is 4.33. The summed E-state index contributed by atoms with van der Waals surface area (Å²) in [5, 5.41) is 12.1. The van der Waals surface area contributed by atoms with Crippen LogP contribution in [-0.4, -0.2) is 31.7 Å². The standard InChI is InChI=1S/C19H20FNO5S/c1-4-12-5-10-15(27(3,25)26)11-16(12)17(22)21-19(2,18(23)24)13-6-8-14(20)9-7-13/h5-11H,4H2,1-3H3,(H,21,22)(H,23,24). The van der Waals surface area contributed by atoms with Gasteiger partial charge in [0.25, 0.3) is 5.91 Å². The van der Waals surface area contributed by atoms with Crippen molar-refractivity contribution >= 4 is 21.7 Å². The van der Waals surface area contributed by atoms with E-state index >= 15 is 0 Å². The van der Waals surface area contributed by atoms with Crippen molar-refractivity contribution in [3.8, 4) is 0 Å². The highest BCUT2D eigenvalue weighted by atomic mass is 32.2. The summed E-state index contributed by atoms with van der Waals surface area (Å²) in [4.78, 5) is 24.6. The van der Waals surface area contributed by atoms with E-state index in [2.05, 4.69) is 5.32 Å². The second kappa shape index (κ2) is 7.48. The molecule has 1 amide bonds.